The molecule has 0 fully saturated rings. The summed E-state index contributed by atoms with van der Waals surface area (Å²) in [5.74, 6) is 0. The monoisotopic (exact) mass is 289 g/mol. The Morgan fingerprint density at radius 1 is 1.15 bits per heavy atom. The molecule has 20 heavy (non-hydrogen) atoms. The van der Waals surface area contributed by atoms with Gasteiger partial charge in [0.1, 0.15) is 0 Å². The van der Waals surface area contributed by atoms with Gasteiger partial charge in [-0.25, -0.2) is 0 Å². The Morgan fingerprint density at radius 3 is 2.60 bits per heavy atom. The zero-order valence-corrected chi connectivity index (χ0v) is 13.0. The van der Waals surface area contributed by atoms with Crippen molar-refractivity contribution in [3.63, 3.8) is 0 Å². The number of rotatable bonds is 15. The highest BCUT2D eigenvalue weighted by atomic mass is 16.5. The second-order valence-corrected chi connectivity index (χ2v) is 4.91. The standard InChI is InChI=1S/C15H31NO4/c1-4-5-7-18-9-10-20-13-15(17)11-16-6-8-19-12-14(2)3/h15-17H,2,4-13H2,1,3H3. The molecule has 1 atom stereocenters. The number of ether oxygens (including phenoxy) is 3. The lowest BCUT2D eigenvalue weighted by molar-refractivity contribution is 0.00352. The van der Waals surface area contributed by atoms with Crippen molar-refractivity contribution in [1.29, 1.82) is 0 Å². The van der Waals surface area contributed by atoms with Crippen LogP contribution in [-0.4, -0.2) is 63.9 Å². The van der Waals surface area contributed by atoms with Gasteiger partial charge < -0.3 is 24.6 Å². The van der Waals surface area contributed by atoms with Gasteiger partial charge in [-0.1, -0.05) is 25.5 Å². The van der Waals surface area contributed by atoms with Gasteiger partial charge in [0.25, 0.3) is 0 Å². The molecule has 0 bridgehead atoms. The van der Waals surface area contributed by atoms with Crippen LogP contribution in [0.2, 0.25) is 0 Å². The van der Waals surface area contributed by atoms with Gasteiger partial charge in [0.05, 0.1) is 39.1 Å². The van der Waals surface area contributed by atoms with Crippen LogP contribution in [0.1, 0.15) is 26.7 Å². The minimum Gasteiger partial charge on any atom is -0.389 e. The minimum absolute atomic E-state index is 0.330. The van der Waals surface area contributed by atoms with Crippen LogP contribution in [0.4, 0.5) is 0 Å². The van der Waals surface area contributed by atoms with Crippen LogP contribution in [0.25, 0.3) is 0 Å². The molecule has 0 saturated carbocycles. The van der Waals surface area contributed by atoms with Crippen molar-refractivity contribution in [3.05, 3.63) is 12.2 Å². The largest absolute Gasteiger partial charge is 0.389 e. The van der Waals surface area contributed by atoms with Crippen molar-refractivity contribution in [2.24, 2.45) is 0 Å². The maximum absolute atomic E-state index is 9.65. The lowest BCUT2D eigenvalue weighted by atomic mass is 10.3. The van der Waals surface area contributed by atoms with Crippen LogP contribution in [0.3, 0.4) is 0 Å². The minimum atomic E-state index is -0.494. The molecule has 0 aliphatic heterocycles. The van der Waals surface area contributed by atoms with Crippen molar-refractivity contribution >= 4 is 0 Å². The first-order valence-corrected chi connectivity index (χ1v) is 7.43. The quantitative estimate of drug-likeness (QED) is 0.352. The van der Waals surface area contributed by atoms with E-state index < -0.39 is 6.10 Å². The molecule has 0 amide bonds. The molecule has 0 aliphatic carbocycles. The predicted octanol–water partition coefficient (Wildman–Crippen LogP) is 1.36. The molecular weight excluding hydrogens is 258 g/mol. The molecule has 0 aliphatic rings. The van der Waals surface area contributed by atoms with Crippen LogP contribution in [0.15, 0.2) is 12.2 Å². The SMILES string of the molecule is C=C(C)COCCNCC(O)COCCOCCCC. The number of unbranched alkanes of at least 4 members (excludes halogenated alkanes) is 1. The zero-order valence-electron chi connectivity index (χ0n) is 13.0. The number of nitrogens with one attached hydrogen (secondary N) is 1. The fourth-order valence-corrected chi connectivity index (χ4v) is 1.40. The van der Waals surface area contributed by atoms with Gasteiger partial charge in [-0.05, 0) is 13.3 Å². The summed E-state index contributed by atoms with van der Waals surface area (Å²) in [6, 6.07) is 0. The summed E-state index contributed by atoms with van der Waals surface area (Å²) in [6.45, 7) is 12.5. The number of hydrogen-bond acceptors (Lipinski definition) is 5. The van der Waals surface area contributed by atoms with E-state index in [9.17, 15) is 5.11 Å². The Bertz CT molecular complexity index is 224. The van der Waals surface area contributed by atoms with Gasteiger partial charge in [-0.15, -0.1) is 0 Å². The highest BCUT2D eigenvalue weighted by Gasteiger charge is 2.03. The second-order valence-electron chi connectivity index (χ2n) is 4.91. The number of aliphatic hydroxyl groups excluding tert-OH is 1. The van der Waals surface area contributed by atoms with Crippen molar-refractivity contribution < 1.29 is 19.3 Å². The van der Waals surface area contributed by atoms with E-state index in [1.807, 2.05) is 6.92 Å². The summed E-state index contributed by atoms with van der Waals surface area (Å²) in [7, 11) is 0. The molecule has 0 rings (SSSR count). The van der Waals surface area contributed by atoms with Crippen molar-refractivity contribution in [1.82, 2.24) is 5.32 Å². The zero-order chi connectivity index (χ0) is 15.1. The van der Waals surface area contributed by atoms with E-state index in [1.165, 1.54) is 0 Å². The molecule has 0 radical (unpaired) electrons. The molecule has 120 valence electrons. The van der Waals surface area contributed by atoms with E-state index in [0.717, 1.165) is 25.0 Å². The molecular formula is C15H31NO4. The molecule has 0 heterocycles. The summed E-state index contributed by atoms with van der Waals surface area (Å²) in [6.07, 6.45) is 1.73. The second kappa shape index (κ2) is 14.9. The van der Waals surface area contributed by atoms with Gasteiger partial charge in [-0.2, -0.15) is 0 Å². The third kappa shape index (κ3) is 15.6. The Balaban J connectivity index is 3.16. The van der Waals surface area contributed by atoms with Gasteiger partial charge in [0.15, 0.2) is 0 Å². The molecule has 0 spiro atoms. The average Bonchev–Trinajstić information content (AvgIpc) is 2.41. The highest BCUT2D eigenvalue weighted by molar-refractivity contribution is 4.87. The van der Waals surface area contributed by atoms with E-state index in [2.05, 4.69) is 18.8 Å². The number of aliphatic hydroxyl groups is 1. The molecule has 2 N–H and O–H groups in total. The third-order valence-electron chi connectivity index (χ3n) is 2.48. The molecule has 5 nitrogen and oxygen atoms in total. The Labute approximate surface area is 123 Å². The Morgan fingerprint density at radius 2 is 1.90 bits per heavy atom. The highest BCUT2D eigenvalue weighted by Crippen LogP contribution is 1.90. The van der Waals surface area contributed by atoms with Crippen LogP contribution in [0, 0.1) is 0 Å². The van der Waals surface area contributed by atoms with Gasteiger partial charge >= 0.3 is 0 Å². The van der Waals surface area contributed by atoms with Crippen molar-refractivity contribution in [3.8, 4) is 0 Å². The lowest BCUT2D eigenvalue weighted by Crippen LogP contribution is -2.32. The summed E-state index contributed by atoms with van der Waals surface area (Å²) >= 11 is 0. The maximum atomic E-state index is 9.65. The smallest absolute Gasteiger partial charge is 0.0897 e. The molecule has 0 aromatic carbocycles. The first-order valence-electron chi connectivity index (χ1n) is 7.43. The van der Waals surface area contributed by atoms with Crippen LogP contribution >= 0.6 is 0 Å². The Hall–Kier alpha value is -0.460. The fraction of sp³-hybridized carbons (Fsp3) is 0.867. The van der Waals surface area contributed by atoms with E-state index in [4.69, 9.17) is 14.2 Å². The summed E-state index contributed by atoms with van der Waals surface area (Å²) in [4.78, 5) is 0. The third-order valence-corrected chi connectivity index (χ3v) is 2.48. The van der Waals surface area contributed by atoms with Crippen molar-refractivity contribution in [2.75, 3.05) is 52.7 Å². The fourth-order valence-electron chi connectivity index (χ4n) is 1.40. The molecule has 1 unspecified atom stereocenters. The molecule has 0 aromatic rings. The van der Waals surface area contributed by atoms with Gasteiger partial charge in [0.2, 0.25) is 0 Å². The summed E-state index contributed by atoms with van der Waals surface area (Å²) in [5.41, 5.74) is 1.01. The summed E-state index contributed by atoms with van der Waals surface area (Å²) < 4.78 is 16.0. The molecule has 0 aromatic heterocycles. The van der Waals surface area contributed by atoms with Crippen LogP contribution < -0.4 is 5.32 Å². The van der Waals surface area contributed by atoms with Gasteiger partial charge in [-0.3, -0.25) is 0 Å². The lowest BCUT2D eigenvalue weighted by Gasteiger charge is -2.12. The first-order chi connectivity index (χ1) is 9.66. The topological polar surface area (TPSA) is 60.0 Å². The Kier molecular flexibility index (Phi) is 14.6. The predicted molar refractivity (Wildman–Crippen MR) is 81.1 cm³/mol. The molecule has 5 heteroatoms. The van der Waals surface area contributed by atoms with E-state index >= 15 is 0 Å². The first kappa shape index (κ1) is 19.5. The number of hydrogen-bond donors (Lipinski definition) is 2. The summed E-state index contributed by atoms with van der Waals surface area (Å²) in [5, 5.41) is 12.8. The van der Waals surface area contributed by atoms with Crippen LogP contribution in [0.5, 0.6) is 0 Å². The van der Waals surface area contributed by atoms with Gasteiger partial charge in [0, 0.05) is 19.7 Å². The van der Waals surface area contributed by atoms with E-state index in [0.29, 0.717) is 46.1 Å². The van der Waals surface area contributed by atoms with E-state index in [-0.39, 0.29) is 0 Å². The molecule has 0 saturated heterocycles. The average molecular weight is 289 g/mol. The normalized spacial score (nSPS) is 12.6. The van der Waals surface area contributed by atoms with E-state index in [1.54, 1.807) is 0 Å². The maximum Gasteiger partial charge on any atom is 0.0897 e. The van der Waals surface area contributed by atoms with Crippen molar-refractivity contribution in [2.45, 2.75) is 32.8 Å². The van der Waals surface area contributed by atoms with Crippen LogP contribution in [-0.2, 0) is 14.2 Å².